The molecule has 0 bridgehead atoms. The van der Waals surface area contributed by atoms with Gasteiger partial charge in [0.25, 0.3) is 0 Å². The predicted octanol–water partition coefficient (Wildman–Crippen LogP) is 5.49. The lowest BCUT2D eigenvalue weighted by Gasteiger charge is -2.10. The minimum atomic E-state index is 1.10. The van der Waals surface area contributed by atoms with Crippen molar-refractivity contribution < 1.29 is 0 Å². The van der Waals surface area contributed by atoms with Gasteiger partial charge in [0.2, 0.25) is 0 Å². The first kappa shape index (κ1) is 12.1. The van der Waals surface area contributed by atoms with Crippen molar-refractivity contribution in [3.8, 4) is 0 Å². The van der Waals surface area contributed by atoms with E-state index >= 15 is 0 Å². The highest BCUT2D eigenvalue weighted by Gasteiger charge is 2.07. The highest BCUT2D eigenvalue weighted by atomic mass is 79.9. The Morgan fingerprint density at radius 1 is 0.812 bits per heavy atom. The lowest BCUT2D eigenvalue weighted by atomic mass is 9.98. The lowest BCUT2D eigenvalue weighted by Crippen LogP contribution is -1.92. The quantitative estimate of drug-likeness (QED) is 0.677. The molecule has 0 aliphatic carbocycles. The zero-order chi connectivity index (χ0) is 11.7. The first-order chi connectivity index (χ1) is 7.67. The fraction of sp³-hybridized carbons (Fsp3) is 0.286. The maximum absolute atomic E-state index is 3.62. The molecule has 0 amide bonds. The monoisotopic (exact) mass is 340 g/mol. The highest BCUT2D eigenvalue weighted by Crippen LogP contribution is 2.32. The van der Waals surface area contributed by atoms with Gasteiger partial charge in [-0.3, -0.25) is 0 Å². The molecule has 0 unspecified atom stereocenters. The SMILES string of the molecule is CCc1cc2c(Br)ccc(Br)c2cc1CC. The van der Waals surface area contributed by atoms with E-state index in [1.54, 1.807) is 0 Å². The Hall–Kier alpha value is -0.340. The number of aryl methyl sites for hydroxylation is 2. The van der Waals surface area contributed by atoms with Gasteiger partial charge in [0.05, 0.1) is 0 Å². The number of fused-ring (bicyclic) bond motifs is 1. The molecule has 2 heteroatoms. The topological polar surface area (TPSA) is 0 Å². The van der Waals surface area contributed by atoms with Crippen LogP contribution in [0.2, 0.25) is 0 Å². The molecule has 16 heavy (non-hydrogen) atoms. The summed E-state index contributed by atoms with van der Waals surface area (Å²) < 4.78 is 2.34. The zero-order valence-corrected chi connectivity index (χ0v) is 12.7. The third-order valence-electron chi connectivity index (χ3n) is 2.99. The molecule has 0 saturated carbocycles. The van der Waals surface area contributed by atoms with Crippen molar-refractivity contribution in [3.05, 3.63) is 44.3 Å². The molecule has 0 N–H and O–H groups in total. The summed E-state index contributed by atoms with van der Waals surface area (Å²) in [7, 11) is 0. The largest absolute Gasteiger partial charge is 0.0613 e. The average Bonchev–Trinajstić information content (AvgIpc) is 2.32. The zero-order valence-electron chi connectivity index (χ0n) is 9.48. The van der Waals surface area contributed by atoms with Crippen LogP contribution in [-0.2, 0) is 12.8 Å². The Labute approximate surface area is 113 Å². The van der Waals surface area contributed by atoms with E-state index in [2.05, 4.69) is 70.0 Å². The van der Waals surface area contributed by atoms with Crippen LogP contribution in [0.15, 0.2) is 33.2 Å². The van der Waals surface area contributed by atoms with Crippen molar-refractivity contribution >= 4 is 42.6 Å². The molecular formula is C14H14Br2. The Balaban J connectivity index is 2.82. The van der Waals surface area contributed by atoms with Crippen molar-refractivity contribution in [3.63, 3.8) is 0 Å². The normalized spacial score (nSPS) is 11.0. The molecule has 2 aromatic rings. The van der Waals surface area contributed by atoms with Crippen LogP contribution in [0.1, 0.15) is 25.0 Å². The summed E-state index contributed by atoms with van der Waals surface area (Å²) in [6.07, 6.45) is 2.19. The molecule has 0 radical (unpaired) electrons. The molecule has 0 atom stereocenters. The van der Waals surface area contributed by atoms with Gasteiger partial charge in [0.1, 0.15) is 0 Å². The number of benzene rings is 2. The molecular weight excluding hydrogens is 328 g/mol. The van der Waals surface area contributed by atoms with Crippen LogP contribution in [0.4, 0.5) is 0 Å². The van der Waals surface area contributed by atoms with E-state index in [9.17, 15) is 0 Å². The molecule has 0 nitrogen and oxygen atoms in total. The maximum Gasteiger partial charge on any atom is 0.0254 e. The van der Waals surface area contributed by atoms with Gasteiger partial charge in [0.15, 0.2) is 0 Å². The fourth-order valence-electron chi connectivity index (χ4n) is 2.07. The van der Waals surface area contributed by atoms with Gasteiger partial charge in [-0.15, -0.1) is 0 Å². The van der Waals surface area contributed by atoms with Crippen LogP contribution in [0.3, 0.4) is 0 Å². The van der Waals surface area contributed by atoms with Crippen LogP contribution in [0, 0.1) is 0 Å². The van der Waals surface area contributed by atoms with Gasteiger partial charge in [-0.1, -0.05) is 45.7 Å². The van der Waals surface area contributed by atoms with E-state index in [0.29, 0.717) is 0 Å². The second-order valence-electron chi connectivity index (χ2n) is 3.90. The Morgan fingerprint density at radius 3 is 1.50 bits per heavy atom. The highest BCUT2D eigenvalue weighted by molar-refractivity contribution is 9.11. The van der Waals surface area contributed by atoms with Crippen molar-refractivity contribution in [2.45, 2.75) is 26.7 Å². The summed E-state index contributed by atoms with van der Waals surface area (Å²) in [5, 5.41) is 2.59. The number of rotatable bonds is 2. The Kier molecular flexibility index (Phi) is 3.70. The molecule has 0 spiro atoms. The number of hydrogen-bond donors (Lipinski definition) is 0. The summed E-state index contributed by atoms with van der Waals surface area (Å²) in [6.45, 7) is 4.43. The molecule has 84 valence electrons. The minimum absolute atomic E-state index is 1.10. The number of halogens is 2. The second-order valence-corrected chi connectivity index (χ2v) is 5.61. The summed E-state index contributed by atoms with van der Waals surface area (Å²) in [6, 6.07) is 8.81. The van der Waals surface area contributed by atoms with E-state index in [0.717, 1.165) is 12.8 Å². The van der Waals surface area contributed by atoms with Crippen LogP contribution >= 0.6 is 31.9 Å². The van der Waals surface area contributed by atoms with Crippen molar-refractivity contribution in [1.29, 1.82) is 0 Å². The maximum atomic E-state index is 3.62. The van der Waals surface area contributed by atoms with E-state index in [1.807, 2.05) is 0 Å². The van der Waals surface area contributed by atoms with E-state index < -0.39 is 0 Å². The van der Waals surface area contributed by atoms with Crippen LogP contribution in [-0.4, -0.2) is 0 Å². The van der Waals surface area contributed by atoms with Crippen molar-refractivity contribution in [1.82, 2.24) is 0 Å². The Bertz CT molecular complexity index is 481. The van der Waals surface area contributed by atoms with Gasteiger partial charge in [-0.25, -0.2) is 0 Å². The van der Waals surface area contributed by atoms with Gasteiger partial charge < -0.3 is 0 Å². The molecule has 2 rings (SSSR count). The second kappa shape index (κ2) is 4.89. The molecule has 0 heterocycles. The van der Waals surface area contributed by atoms with E-state index in [-0.39, 0.29) is 0 Å². The van der Waals surface area contributed by atoms with Gasteiger partial charge in [0, 0.05) is 8.95 Å². The predicted molar refractivity (Wildman–Crippen MR) is 78.1 cm³/mol. The van der Waals surface area contributed by atoms with Crippen molar-refractivity contribution in [2.75, 3.05) is 0 Å². The summed E-state index contributed by atoms with van der Waals surface area (Å²) in [5.74, 6) is 0. The lowest BCUT2D eigenvalue weighted by molar-refractivity contribution is 1.04. The van der Waals surface area contributed by atoms with Gasteiger partial charge >= 0.3 is 0 Å². The number of hydrogen-bond acceptors (Lipinski definition) is 0. The minimum Gasteiger partial charge on any atom is -0.0613 e. The molecule has 0 aliphatic heterocycles. The van der Waals surface area contributed by atoms with E-state index in [1.165, 1.54) is 30.8 Å². The van der Waals surface area contributed by atoms with Crippen LogP contribution in [0.5, 0.6) is 0 Å². The van der Waals surface area contributed by atoms with E-state index in [4.69, 9.17) is 0 Å². The summed E-state index contributed by atoms with van der Waals surface area (Å²) in [5.41, 5.74) is 2.91. The molecule has 0 aliphatic rings. The first-order valence-electron chi connectivity index (χ1n) is 5.56. The third-order valence-corrected chi connectivity index (χ3v) is 4.38. The molecule has 0 fully saturated rings. The van der Waals surface area contributed by atoms with Crippen LogP contribution < -0.4 is 0 Å². The van der Waals surface area contributed by atoms with Crippen molar-refractivity contribution in [2.24, 2.45) is 0 Å². The van der Waals surface area contributed by atoms with Gasteiger partial charge in [-0.05, 0) is 59.0 Å². The smallest absolute Gasteiger partial charge is 0.0254 e. The van der Waals surface area contributed by atoms with Crippen LogP contribution in [0.25, 0.3) is 10.8 Å². The third kappa shape index (κ3) is 2.05. The first-order valence-corrected chi connectivity index (χ1v) is 7.15. The Morgan fingerprint density at radius 2 is 1.19 bits per heavy atom. The standard InChI is InChI=1S/C14H14Br2/c1-3-9-7-11-12(8-10(9)4-2)14(16)6-5-13(11)15/h5-8H,3-4H2,1-2H3. The molecule has 0 saturated heterocycles. The average molecular weight is 342 g/mol. The fourth-order valence-corrected chi connectivity index (χ4v) is 2.99. The summed E-state index contributed by atoms with van der Waals surface area (Å²) in [4.78, 5) is 0. The molecule has 0 aromatic heterocycles. The van der Waals surface area contributed by atoms with Gasteiger partial charge in [-0.2, -0.15) is 0 Å². The summed E-state index contributed by atoms with van der Waals surface area (Å²) >= 11 is 7.24. The molecule has 2 aromatic carbocycles.